The Labute approximate surface area is 156 Å². The van der Waals surface area contributed by atoms with Crippen LogP contribution in [0.2, 0.25) is 0 Å². The Balaban J connectivity index is 2.15. The number of benzene rings is 1. The topological polar surface area (TPSA) is 97.2 Å². The van der Waals surface area contributed by atoms with E-state index in [9.17, 15) is 4.39 Å². The summed E-state index contributed by atoms with van der Waals surface area (Å²) in [4.78, 5) is 1.91. The first kappa shape index (κ1) is 19.0. The maximum atomic E-state index is 13.5. The van der Waals surface area contributed by atoms with E-state index < -0.39 is 0 Å². The van der Waals surface area contributed by atoms with Gasteiger partial charge in [-0.3, -0.25) is 10.8 Å². The predicted molar refractivity (Wildman–Crippen MR) is 103 cm³/mol. The average molecular weight is 403 g/mol. The van der Waals surface area contributed by atoms with Crippen LogP contribution in [0.25, 0.3) is 0 Å². The first-order valence-corrected chi connectivity index (χ1v) is 9.76. The third-order valence-corrected chi connectivity index (χ3v) is 5.97. The summed E-state index contributed by atoms with van der Waals surface area (Å²) in [5.74, 6) is 5.30. The normalized spacial score (nSPS) is 10.4. The Morgan fingerprint density at radius 3 is 2.83 bits per heavy atom. The van der Waals surface area contributed by atoms with Crippen molar-refractivity contribution in [3.8, 4) is 0 Å². The van der Waals surface area contributed by atoms with Crippen LogP contribution in [0.3, 0.4) is 0 Å². The molecule has 0 amide bonds. The molecular weight excluding hydrogens is 387 g/mol. The van der Waals surface area contributed by atoms with Crippen molar-refractivity contribution in [3.05, 3.63) is 45.9 Å². The van der Waals surface area contributed by atoms with E-state index in [0.717, 1.165) is 32.7 Å². The summed E-state index contributed by atoms with van der Waals surface area (Å²) in [6, 6.07) is 4.61. The van der Waals surface area contributed by atoms with E-state index in [2.05, 4.69) is 5.43 Å². The molecule has 0 unspecified atom stereocenters. The molecule has 5 nitrogen and oxygen atoms in total. The maximum Gasteiger partial charge on any atom is 0.271 e. The summed E-state index contributed by atoms with van der Waals surface area (Å²) in [6.07, 6.45) is 0. The van der Waals surface area contributed by atoms with Crippen LogP contribution in [0.15, 0.2) is 38.8 Å². The molecule has 0 aliphatic carbocycles. The van der Waals surface area contributed by atoms with Crippen LogP contribution >= 0.6 is 47.1 Å². The van der Waals surface area contributed by atoms with E-state index in [1.807, 2.05) is 10.8 Å². The van der Waals surface area contributed by atoms with Crippen molar-refractivity contribution >= 4 is 57.4 Å². The highest BCUT2D eigenvalue weighted by atomic mass is 32.2. The van der Waals surface area contributed by atoms with Gasteiger partial charge in [0.2, 0.25) is 0 Å². The van der Waals surface area contributed by atoms with E-state index in [4.69, 9.17) is 33.9 Å². The third kappa shape index (κ3) is 5.64. The second kappa shape index (κ2) is 9.23. The van der Waals surface area contributed by atoms with Crippen LogP contribution in [0.1, 0.15) is 11.1 Å². The fourth-order valence-electron chi connectivity index (χ4n) is 1.73. The highest BCUT2D eigenvalue weighted by Gasteiger charge is 2.12. The van der Waals surface area contributed by atoms with E-state index >= 15 is 0 Å². The summed E-state index contributed by atoms with van der Waals surface area (Å²) < 4.78 is 18.8. The van der Waals surface area contributed by atoms with Gasteiger partial charge >= 0.3 is 0 Å². The van der Waals surface area contributed by atoms with Crippen molar-refractivity contribution in [2.75, 3.05) is 0 Å². The first-order chi connectivity index (χ1) is 11.5. The Morgan fingerprint density at radius 2 is 2.12 bits per heavy atom. The second-order valence-electron chi connectivity index (χ2n) is 4.49. The Bertz CT molecular complexity index is 737. The number of amidine groups is 1. The van der Waals surface area contributed by atoms with Crippen molar-refractivity contribution in [1.29, 1.82) is 5.41 Å². The summed E-state index contributed by atoms with van der Waals surface area (Å²) in [5, 5.41) is 11.4. The fraction of sp³-hybridized carbons (Fsp3) is 0.143. The van der Waals surface area contributed by atoms with Gasteiger partial charge in [-0.05, 0) is 41.4 Å². The molecule has 24 heavy (non-hydrogen) atoms. The SMILES string of the molecule is N=C(N)SCc1cc(F)ccc1Sc1cscc1COC(=S)NN. The molecule has 128 valence electrons. The van der Waals surface area contributed by atoms with Crippen LogP contribution < -0.4 is 17.0 Å². The Kier molecular flexibility index (Phi) is 7.31. The molecule has 1 aromatic carbocycles. The van der Waals surface area contributed by atoms with Gasteiger partial charge in [0, 0.05) is 26.5 Å². The summed E-state index contributed by atoms with van der Waals surface area (Å²) in [5.41, 5.74) is 9.40. The quantitative estimate of drug-likeness (QED) is 0.193. The molecule has 0 aliphatic heterocycles. The molecule has 0 fully saturated rings. The molecule has 0 saturated heterocycles. The van der Waals surface area contributed by atoms with E-state index in [1.54, 1.807) is 17.4 Å². The molecule has 1 heterocycles. The van der Waals surface area contributed by atoms with E-state index in [-0.39, 0.29) is 16.2 Å². The zero-order valence-corrected chi connectivity index (χ0v) is 15.6. The number of ether oxygens (including phenoxy) is 1. The summed E-state index contributed by atoms with van der Waals surface area (Å²) >= 11 is 9.07. The van der Waals surface area contributed by atoms with Gasteiger partial charge in [0.25, 0.3) is 5.17 Å². The standard InChI is InChI=1S/C14H15FN4OS4/c15-10-1-2-11(8(3-10)6-23-13(16)17)24-12-7-22-5-9(12)4-20-14(21)19-18/h1-3,5,7H,4,6,18H2,(H3,16,17)(H,19,21). The smallest absolute Gasteiger partial charge is 0.271 e. The lowest BCUT2D eigenvalue weighted by Crippen LogP contribution is -2.30. The number of hydrogen-bond donors (Lipinski definition) is 4. The van der Waals surface area contributed by atoms with Gasteiger partial charge in [-0.2, -0.15) is 11.3 Å². The number of thiocarbonyl (C=S) groups is 1. The van der Waals surface area contributed by atoms with Crippen molar-refractivity contribution in [1.82, 2.24) is 5.43 Å². The molecule has 2 rings (SSSR count). The molecule has 1 aromatic heterocycles. The molecule has 0 atom stereocenters. The van der Waals surface area contributed by atoms with Gasteiger partial charge in [0.05, 0.1) is 0 Å². The molecule has 0 bridgehead atoms. The van der Waals surface area contributed by atoms with Crippen molar-refractivity contribution in [2.45, 2.75) is 22.2 Å². The zero-order valence-electron chi connectivity index (χ0n) is 12.4. The zero-order chi connectivity index (χ0) is 17.5. The molecular formula is C14H15FN4OS4. The lowest BCUT2D eigenvalue weighted by Gasteiger charge is -2.10. The van der Waals surface area contributed by atoms with Crippen LogP contribution in [0, 0.1) is 11.2 Å². The van der Waals surface area contributed by atoms with Gasteiger partial charge in [-0.1, -0.05) is 23.5 Å². The van der Waals surface area contributed by atoms with Crippen LogP contribution in [-0.4, -0.2) is 10.3 Å². The number of thioether (sulfide) groups is 1. The third-order valence-electron chi connectivity index (χ3n) is 2.80. The molecule has 0 aliphatic rings. The first-order valence-electron chi connectivity index (χ1n) is 6.61. The lowest BCUT2D eigenvalue weighted by molar-refractivity contribution is 0.285. The predicted octanol–water partition coefficient (Wildman–Crippen LogP) is 3.43. The van der Waals surface area contributed by atoms with Crippen LogP contribution in [0.5, 0.6) is 0 Å². The maximum absolute atomic E-state index is 13.5. The summed E-state index contributed by atoms with van der Waals surface area (Å²) in [6.45, 7) is 0.299. The highest BCUT2D eigenvalue weighted by molar-refractivity contribution is 8.13. The van der Waals surface area contributed by atoms with Crippen LogP contribution in [0.4, 0.5) is 4.39 Å². The number of halogens is 1. The molecule has 0 spiro atoms. The van der Waals surface area contributed by atoms with Gasteiger partial charge < -0.3 is 10.5 Å². The molecule has 0 saturated carbocycles. The molecule has 0 radical (unpaired) electrons. The van der Waals surface area contributed by atoms with Crippen molar-refractivity contribution in [3.63, 3.8) is 0 Å². The average Bonchev–Trinajstić information content (AvgIpc) is 2.99. The fourth-order valence-corrected chi connectivity index (χ4v) is 4.45. The monoisotopic (exact) mass is 402 g/mol. The molecule has 10 heteroatoms. The minimum Gasteiger partial charge on any atom is -0.465 e. The number of rotatable bonds is 6. The van der Waals surface area contributed by atoms with Gasteiger partial charge in [-0.25, -0.2) is 10.2 Å². The number of thiophene rings is 1. The highest BCUT2D eigenvalue weighted by Crippen LogP contribution is 2.36. The van der Waals surface area contributed by atoms with Crippen LogP contribution in [-0.2, 0) is 17.1 Å². The number of nitrogens with one attached hydrogen (secondary N) is 2. The number of nitrogens with two attached hydrogens (primary N) is 2. The Hall–Kier alpha value is -1.33. The Morgan fingerprint density at radius 1 is 1.33 bits per heavy atom. The second-order valence-corrected chi connectivity index (χ2v) is 7.70. The van der Waals surface area contributed by atoms with Crippen molar-refractivity contribution < 1.29 is 9.13 Å². The molecule has 2 aromatic rings. The minimum atomic E-state index is -0.313. The number of hydrazine groups is 1. The summed E-state index contributed by atoms with van der Waals surface area (Å²) in [7, 11) is 0. The number of hydrogen-bond acceptors (Lipinski definition) is 7. The van der Waals surface area contributed by atoms with Gasteiger partial charge in [-0.15, -0.1) is 0 Å². The minimum absolute atomic E-state index is 0.00244. The van der Waals surface area contributed by atoms with Crippen molar-refractivity contribution in [2.24, 2.45) is 11.6 Å². The van der Waals surface area contributed by atoms with Gasteiger partial charge in [0.1, 0.15) is 12.4 Å². The van der Waals surface area contributed by atoms with E-state index in [1.165, 1.54) is 23.9 Å². The molecule has 6 N–H and O–H groups in total. The lowest BCUT2D eigenvalue weighted by atomic mass is 10.2. The largest absolute Gasteiger partial charge is 0.465 e. The van der Waals surface area contributed by atoms with E-state index in [0.29, 0.717) is 12.4 Å². The van der Waals surface area contributed by atoms with Gasteiger partial charge in [0.15, 0.2) is 5.17 Å².